The lowest BCUT2D eigenvalue weighted by Gasteiger charge is -2.09. The van der Waals surface area contributed by atoms with Crippen LogP contribution in [0, 0.1) is 5.92 Å². The summed E-state index contributed by atoms with van der Waals surface area (Å²) in [7, 11) is 0. The van der Waals surface area contributed by atoms with Gasteiger partial charge >= 0.3 is 0 Å². The number of hydrogen-bond donors (Lipinski definition) is 2. The number of hydrogen-bond acceptors (Lipinski definition) is 4. The minimum Gasteiger partial charge on any atom is -0.492 e. The van der Waals surface area contributed by atoms with Gasteiger partial charge in [0.05, 0.1) is 18.5 Å². The van der Waals surface area contributed by atoms with Gasteiger partial charge in [-0.05, 0) is 12.1 Å². The first-order valence-corrected chi connectivity index (χ1v) is 4.65. The third kappa shape index (κ3) is 3.32. The van der Waals surface area contributed by atoms with Gasteiger partial charge in [-0.25, -0.2) is 0 Å². The first-order chi connectivity index (χ1) is 6.76. The Hall–Kier alpha value is -1.13. The van der Waals surface area contributed by atoms with Crippen LogP contribution >= 0.6 is 0 Å². The average Bonchev–Trinajstić information content (AvgIpc) is 2.26. The molecule has 78 valence electrons. The second kappa shape index (κ2) is 5.57. The number of rotatable bonds is 5. The van der Waals surface area contributed by atoms with E-state index in [9.17, 15) is 0 Å². The Morgan fingerprint density at radius 1 is 1.57 bits per heavy atom. The summed E-state index contributed by atoms with van der Waals surface area (Å²) in [5.41, 5.74) is 6.25. The van der Waals surface area contributed by atoms with Crippen LogP contribution in [0.1, 0.15) is 12.6 Å². The molecule has 14 heavy (non-hydrogen) atoms. The maximum Gasteiger partial charge on any atom is 0.137 e. The molecular formula is C10H16N2O2. The Bertz CT molecular complexity index is 261. The maximum absolute atomic E-state index is 8.78. The van der Waals surface area contributed by atoms with E-state index >= 15 is 0 Å². The summed E-state index contributed by atoms with van der Waals surface area (Å²) in [6.07, 6.45) is 1.65. The average molecular weight is 196 g/mol. The van der Waals surface area contributed by atoms with E-state index in [1.54, 1.807) is 6.20 Å². The van der Waals surface area contributed by atoms with Gasteiger partial charge in [-0.3, -0.25) is 4.98 Å². The van der Waals surface area contributed by atoms with Gasteiger partial charge in [0.25, 0.3) is 0 Å². The van der Waals surface area contributed by atoms with Crippen LogP contribution in [0.4, 0.5) is 0 Å². The SMILES string of the molecule is CC(CO)COc1ccc(CN)nc1. The van der Waals surface area contributed by atoms with E-state index in [1.807, 2.05) is 19.1 Å². The fourth-order valence-electron chi connectivity index (χ4n) is 0.908. The Morgan fingerprint density at radius 2 is 2.36 bits per heavy atom. The predicted molar refractivity (Wildman–Crippen MR) is 53.9 cm³/mol. The van der Waals surface area contributed by atoms with Gasteiger partial charge < -0.3 is 15.6 Å². The molecule has 1 heterocycles. The number of pyridine rings is 1. The number of aliphatic hydroxyl groups is 1. The van der Waals surface area contributed by atoms with E-state index in [0.29, 0.717) is 18.9 Å². The molecule has 0 saturated heterocycles. The molecule has 0 spiro atoms. The molecule has 1 atom stereocenters. The van der Waals surface area contributed by atoms with E-state index < -0.39 is 0 Å². The highest BCUT2D eigenvalue weighted by atomic mass is 16.5. The molecule has 0 amide bonds. The lowest BCUT2D eigenvalue weighted by molar-refractivity contribution is 0.174. The third-order valence-corrected chi connectivity index (χ3v) is 1.85. The number of nitrogens with two attached hydrogens (primary N) is 1. The molecular weight excluding hydrogens is 180 g/mol. The highest BCUT2D eigenvalue weighted by Gasteiger charge is 2.01. The Labute approximate surface area is 83.7 Å². The summed E-state index contributed by atoms with van der Waals surface area (Å²) in [6, 6.07) is 3.66. The van der Waals surface area contributed by atoms with Crippen LogP contribution in [0.5, 0.6) is 5.75 Å². The first kappa shape index (κ1) is 10.9. The molecule has 1 aromatic rings. The second-order valence-electron chi connectivity index (χ2n) is 3.29. The minimum absolute atomic E-state index is 0.133. The van der Waals surface area contributed by atoms with Gasteiger partial charge in [0.15, 0.2) is 0 Å². The second-order valence-corrected chi connectivity index (χ2v) is 3.29. The van der Waals surface area contributed by atoms with Crippen molar-refractivity contribution in [2.45, 2.75) is 13.5 Å². The number of aliphatic hydroxyl groups excluding tert-OH is 1. The van der Waals surface area contributed by atoms with Gasteiger partial charge in [0.1, 0.15) is 5.75 Å². The summed E-state index contributed by atoms with van der Waals surface area (Å²) in [4.78, 5) is 4.09. The summed E-state index contributed by atoms with van der Waals surface area (Å²) < 4.78 is 5.39. The van der Waals surface area contributed by atoms with E-state index in [4.69, 9.17) is 15.6 Å². The molecule has 0 aliphatic heterocycles. The van der Waals surface area contributed by atoms with Crippen molar-refractivity contribution in [2.75, 3.05) is 13.2 Å². The Kier molecular flexibility index (Phi) is 4.35. The van der Waals surface area contributed by atoms with Crippen molar-refractivity contribution < 1.29 is 9.84 Å². The van der Waals surface area contributed by atoms with Crippen LogP contribution in [0.15, 0.2) is 18.3 Å². The summed E-state index contributed by atoms with van der Waals surface area (Å²) in [5.74, 6) is 0.853. The largest absolute Gasteiger partial charge is 0.492 e. The number of nitrogens with zero attached hydrogens (tertiary/aromatic N) is 1. The quantitative estimate of drug-likeness (QED) is 0.721. The fourth-order valence-corrected chi connectivity index (χ4v) is 0.908. The zero-order chi connectivity index (χ0) is 10.4. The van der Waals surface area contributed by atoms with Crippen molar-refractivity contribution in [2.24, 2.45) is 11.7 Å². The van der Waals surface area contributed by atoms with Crippen LogP contribution in [0.2, 0.25) is 0 Å². The van der Waals surface area contributed by atoms with E-state index in [2.05, 4.69) is 4.98 Å². The Balaban J connectivity index is 2.43. The number of ether oxygens (including phenoxy) is 1. The molecule has 1 unspecified atom stereocenters. The molecule has 0 bridgehead atoms. The number of aromatic nitrogens is 1. The van der Waals surface area contributed by atoms with Gasteiger partial charge in [-0.15, -0.1) is 0 Å². The summed E-state index contributed by atoms with van der Waals surface area (Å²) >= 11 is 0. The Morgan fingerprint density at radius 3 is 2.86 bits per heavy atom. The maximum atomic E-state index is 8.78. The van der Waals surface area contributed by atoms with Crippen molar-refractivity contribution in [1.29, 1.82) is 0 Å². The molecule has 0 aromatic carbocycles. The van der Waals surface area contributed by atoms with Crippen molar-refractivity contribution in [3.8, 4) is 5.75 Å². The van der Waals surface area contributed by atoms with Crippen molar-refractivity contribution >= 4 is 0 Å². The van der Waals surface area contributed by atoms with Crippen LogP contribution in [-0.4, -0.2) is 23.3 Å². The van der Waals surface area contributed by atoms with Crippen LogP contribution in [-0.2, 0) is 6.54 Å². The molecule has 0 saturated carbocycles. The zero-order valence-corrected chi connectivity index (χ0v) is 8.31. The standard InChI is InChI=1S/C10H16N2O2/c1-8(6-13)7-14-10-3-2-9(4-11)12-5-10/h2-3,5,8,13H,4,6-7,11H2,1H3. The molecule has 3 N–H and O–H groups in total. The minimum atomic E-state index is 0.133. The molecule has 0 aliphatic carbocycles. The normalized spacial score (nSPS) is 12.5. The molecule has 4 nitrogen and oxygen atoms in total. The van der Waals surface area contributed by atoms with E-state index in [1.165, 1.54) is 0 Å². The third-order valence-electron chi connectivity index (χ3n) is 1.85. The topological polar surface area (TPSA) is 68.4 Å². The lowest BCUT2D eigenvalue weighted by atomic mass is 10.2. The first-order valence-electron chi connectivity index (χ1n) is 4.65. The van der Waals surface area contributed by atoms with Crippen molar-refractivity contribution in [3.05, 3.63) is 24.0 Å². The van der Waals surface area contributed by atoms with Crippen LogP contribution in [0.3, 0.4) is 0 Å². The predicted octanol–water partition coefficient (Wildman–Crippen LogP) is 0.547. The molecule has 1 rings (SSSR count). The molecule has 1 aromatic heterocycles. The van der Waals surface area contributed by atoms with Gasteiger partial charge in [-0.2, -0.15) is 0 Å². The smallest absolute Gasteiger partial charge is 0.137 e. The lowest BCUT2D eigenvalue weighted by Crippen LogP contribution is -2.12. The highest BCUT2D eigenvalue weighted by molar-refractivity contribution is 5.19. The van der Waals surface area contributed by atoms with Gasteiger partial charge in [0.2, 0.25) is 0 Å². The summed E-state index contributed by atoms with van der Waals surface area (Å²) in [5, 5.41) is 8.78. The molecule has 0 radical (unpaired) electrons. The van der Waals surface area contributed by atoms with E-state index in [-0.39, 0.29) is 12.5 Å². The van der Waals surface area contributed by atoms with Crippen molar-refractivity contribution in [1.82, 2.24) is 4.98 Å². The molecule has 0 aliphatic rings. The monoisotopic (exact) mass is 196 g/mol. The molecule has 4 heteroatoms. The highest BCUT2D eigenvalue weighted by Crippen LogP contribution is 2.10. The molecule has 0 fully saturated rings. The van der Waals surface area contributed by atoms with Gasteiger partial charge in [0, 0.05) is 19.1 Å². The van der Waals surface area contributed by atoms with Crippen LogP contribution in [0.25, 0.3) is 0 Å². The van der Waals surface area contributed by atoms with E-state index in [0.717, 1.165) is 5.69 Å². The zero-order valence-electron chi connectivity index (χ0n) is 8.31. The van der Waals surface area contributed by atoms with Crippen molar-refractivity contribution in [3.63, 3.8) is 0 Å². The summed E-state index contributed by atoms with van der Waals surface area (Å²) in [6.45, 7) is 2.99. The van der Waals surface area contributed by atoms with Crippen LogP contribution < -0.4 is 10.5 Å². The fraction of sp³-hybridized carbons (Fsp3) is 0.500. The van der Waals surface area contributed by atoms with Gasteiger partial charge in [-0.1, -0.05) is 6.92 Å².